The molecule has 1 atom stereocenters. The van der Waals surface area contributed by atoms with E-state index in [2.05, 4.69) is 5.32 Å². The van der Waals surface area contributed by atoms with Crippen LogP contribution in [-0.2, 0) is 4.74 Å². The molecule has 1 aromatic rings. The number of carbonyl (C=O) groups excluding carboxylic acids is 1. The summed E-state index contributed by atoms with van der Waals surface area (Å²) in [6.45, 7) is 9.56. The molecule has 0 saturated carbocycles. The third kappa shape index (κ3) is 4.23. The standard InChI is InChI=1S/C12H19NO2S/c1-8-6-7-10(16-8)9(2)13-11(14)15-12(3,4)5/h6-7,9H,1-5H3,(H,13,14). The Balaban J connectivity index is 2.52. The van der Waals surface area contributed by atoms with Gasteiger partial charge in [0.05, 0.1) is 6.04 Å². The van der Waals surface area contributed by atoms with E-state index in [0.717, 1.165) is 4.88 Å². The van der Waals surface area contributed by atoms with Crippen molar-refractivity contribution in [3.8, 4) is 0 Å². The number of carbonyl (C=O) groups is 1. The largest absolute Gasteiger partial charge is 0.444 e. The summed E-state index contributed by atoms with van der Waals surface area (Å²) in [7, 11) is 0. The number of aryl methyl sites for hydroxylation is 1. The Morgan fingerprint density at radius 1 is 1.44 bits per heavy atom. The van der Waals surface area contributed by atoms with Crippen LogP contribution in [0.25, 0.3) is 0 Å². The van der Waals surface area contributed by atoms with Crippen LogP contribution in [0.1, 0.15) is 43.5 Å². The Bertz CT molecular complexity index is 365. The molecule has 0 saturated heterocycles. The summed E-state index contributed by atoms with van der Waals surface area (Å²) in [6, 6.07) is 4.07. The normalized spacial score (nSPS) is 13.3. The van der Waals surface area contributed by atoms with Crippen LogP contribution >= 0.6 is 11.3 Å². The van der Waals surface area contributed by atoms with Gasteiger partial charge in [-0.05, 0) is 46.8 Å². The fraction of sp³-hybridized carbons (Fsp3) is 0.583. The van der Waals surface area contributed by atoms with Crippen molar-refractivity contribution in [2.45, 2.75) is 46.3 Å². The molecule has 0 aromatic carbocycles. The number of alkyl carbamates (subject to hydrolysis) is 1. The topological polar surface area (TPSA) is 38.3 Å². The minimum Gasteiger partial charge on any atom is -0.444 e. The van der Waals surface area contributed by atoms with Crippen molar-refractivity contribution >= 4 is 17.4 Å². The average Bonchev–Trinajstić information content (AvgIpc) is 2.47. The Labute approximate surface area is 101 Å². The highest BCUT2D eigenvalue weighted by Gasteiger charge is 2.18. The molecular weight excluding hydrogens is 222 g/mol. The lowest BCUT2D eigenvalue weighted by Gasteiger charge is -2.21. The van der Waals surface area contributed by atoms with Gasteiger partial charge in [-0.25, -0.2) is 4.79 Å². The maximum absolute atomic E-state index is 11.5. The molecule has 0 radical (unpaired) electrons. The van der Waals surface area contributed by atoms with Crippen molar-refractivity contribution in [1.82, 2.24) is 5.32 Å². The van der Waals surface area contributed by atoms with Crippen molar-refractivity contribution < 1.29 is 9.53 Å². The van der Waals surface area contributed by atoms with Crippen LogP contribution in [0.5, 0.6) is 0 Å². The van der Waals surface area contributed by atoms with Crippen LogP contribution in [0, 0.1) is 6.92 Å². The predicted octanol–water partition coefficient (Wildman–Crippen LogP) is 3.64. The van der Waals surface area contributed by atoms with E-state index in [9.17, 15) is 4.79 Å². The van der Waals surface area contributed by atoms with Crippen molar-refractivity contribution in [1.29, 1.82) is 0 Å². The lowest BCUT2D eigenvalue weighted by molar-refractivity contribution is 0.0509. The molecule has 1 aromatic heterocycles. The molecule has 4 heteroatoms. The number of hydrogen-bond acceptors (Lipinski definition) is 3. The van der Waals surface area contributed by atoms with Crippen molar-refractivity contribution in [3.63, 3.8) is 0 Å². The maximum Gasteiger partial charge on any atom is 0.408 e. The molecule has 0 bridgehead atoms. The number of hydrogen-bond donors (Lipinski definition) is 1. The summed E-state index contributed by atoms with van der Waals surface area (Å²) >= 11 is 1.69. The first-order valence-corrected chi connectivity index (χ1v) is 6.15. The predicted molar refractivity (Wildman–Crippen MR) is 66.8 cm³/mol. The van der Waals surface area contributed by atoms with Gasteiger partial charge in [-0.3, -0.25) is 0 Å². The van der Waals surface area contributed by atoms with Gasteiger partial charge in [-0.2, -0.15) is 0 Å². The molecular formula is C12H19NO2S. The Morgan fingerprint density at radius 3 is 2.50 bits per heavy atom. The van der Waals surface area contributed by atoms with Crippen molar-refractivity contribution in [2.24, 2.45) is 0 Å². The van der Waals surface area contributed by atoms with Crippen LogP contribution in [0.4, 0.5) is 4.79 Å². The number of nitrogens with one attached hydrogen (secondary N) is 1. The van der Waals surface area contributed by atoms with Gasteiger partial charge in [0, 0.05) is 9.75 Å². The Morgan fingerprint density at radius 2 is 2.06 bits per heavy atom. The minimum atomic E-state index is -0.449. The van der Waals surface area contributed by atoms with Crippen LogP contribution in [0.2, 0.25) is 0 Å². The quantitative estimate of drug-likeness (QED) is 0.858. The summed E-state index contributed by atoms with van der Waals surface area (Å²) in [6.07, 6.45) is -0.369. The fourth-order valence-corrected chi connectivity index (χ4v) is 2.12. The van der Waals surface area contributed by atoms with Gasteiger partial charge in [0.2, 0.25) is 0 Å². The molecule has 16 heavy (non-hydrogen) atoms. The first kappa shape index (κ1) is 13.0. The lowest BCUT2D eigenvalue weighted by atomic mass is 10.2. The third-order valence-corrected chi connectivity index (χ3v) is 3.10. The highest BCUT2D eigenvalue weighted by Crippen LogP contribution is 2.22. The van der Waals surface area contributed by atoms with E-state index in [1.54, 1.807) is 11.3 Å². The van der Waals surface area contributed by atoms with E-state index in [1.165, 1.54) is 4.88 Å². The second kappa shape index (κ2) is 4.87. The molecule has 0 aliphatic rings. The minimum absolute atomic E-state index is 0.00597. The van der Waals surface area contributed by atoms with Gasteiger partial charge in [-0.1, -0.05) is 0 Å². The van der Waals surface area contributed by atoms with Gasteiger partial charge < -0.3 is 10.1 Å². The first-order valence-electron chi connectivity index (χ1n) is 5.34. The third-order valence-electron chi connectivity index (χ3n) is 1.92. The van der Waals surface area contributed by atoms with Crippen LogP contribution < -0.4 is 5.32 Å². The van der Waals surface area contributed by atoms with Crippen LogP contribution in [-0.4, -0.2) is 11.7 Å². The monoisotopic (exact) mass is 241 g/mol. The van der Waals surface area contributed by atoms with Crippen molar-refractivity contribution in [2.75, 3.05) is 0 Å². The molecule has 0 fully saturated rings. The number of thiophene rings is 1. The molecule has 3 nitrogen and oxygen atoms in total. The maximum atomic E-state index is 11.5. The van der Waals surface area contributed by atoms with Gasteiger partial charge in [-0.15, -0.1) is 11.3 Å². The SMILES string of the molecule is Cc1ccc(C(C)NC(=O)OC(C)(C)C)s1. The smallest absolute Gasteiger partial charge is 0.408 e. The van der Waals surface area contributed by atoms with E-state index in [1.807, 2.05) is 46.8 Å². The van der Waals surface area contributed by atoms with Gasteiger partial charge in [0.15, 0.2) is 0 Å². The van der Waals surface area contributed by atoms with Crippen molar-refractivity contribution in [3.05, 3.63) is 21.9 Å². The first-order chi connectivity index (χ1) is 7.28. The second-order valence-corrected chi connectivity index (χ2v) is 6.14. The number of ether oxygens (including phenoxy) is 1. The Kier molecular flexibility index (Phi) is 3.97. The molecule has 90 valence electrons. The summed E-state index contributed by atoms with van der Waals surface area (Å²) < 4.78 is 5.19. The lowest BCUT2D eigenvalue weighted by Crippen LogP contribution is -2.33. The highest BCUT2D eigenvalue weighted by molar-refractivity contribution is 7.12. The molecule has 0 aliphatic heterocycles. The average molecular weight is 241 g/mol. The van der Waals surface area contributed by atoms with Crippen LogP contribution in [0.15, 0.2) is 12.1 Å². The summed E-state index contributed by atoms with van der Waals surface area (Å²) in [4.78, 5) is 13.9. The number of amides is 1. The second-order valence-electron chi connectivity index (χ2n) is 4.82. The zero-order valence-electron chi connectivity index (χ0n) is 10.5. The molecule has 1 unspecified atom stereocenters. The molecule has 1 heterocycles. The van der Waals surface area contributed by atoms with E-state index >= 15 is 0 Å². The summed E-state index contributed by atoms with van der Waals surface area (Å²) in [5, 5.41) is 2.82. The van der Waals surface area contributed by atoms with E-state index in [4.69, 9.17) is 4.74 Å². The molecule has 0 spiro atoms. The van der Waals surface area contributed by atoms with E-state index in [-0.39, 0.29) is 12.1 Å². The molecule has 1 N–H and O–H groups in total. The molecule has 1 rings (SSSR count). The Hall–Kier alpha value is -1.03. The zero-order chi connectivity index (χ0) is 12.3. The molecule has 1 amide bonds. The van der Waals surface area contributed by atoms with Gasteiger partial charge in [0.1, 0.15) is 5.60 Å². The van der Waals surface area contributed by atoms with Gasteiger partial charge >= 0.3 is 6.09 Å². The highest BCUT2D eigenvalue weighted by atomic mass is 32.1. The van der Waals surface area contributed by atoms with Gasteiger partial charge in [0.25, 0.3) is 0 Å². The summed E-state index contributed by atoms with van der Waals surface area (Å²) in [5.41, 5.74) is -0.449. The summed E-state index contributed by atoms with van der Waals surface area (Å²) in [5.74, 6) is 0. The number of rotatable bonds is 2. The zero-order valence-corrected chi connectivity index (χ0v) is 11.3. The van der Waals surface area contributed by atoms with Crippen LogP contribution in [0.3, 0.4) is 0 Å². The van der Waals surface area contributed by atoms with E-state index in [0.29, 0.717) is 0 Å². The fourth-order valence-electron chi connectivity index (χ4n) is 1.24. The molecule has 0 aliphatic carbocycles. The van der Waals surface area contributed by atoms with E-state index < -0.39 is 5.60 Å².